The van der Waals surface area contributed by atoms with Crippen molar-refractivity contribution in [3.63, 3.8) is 0 Å². The second-order valence-electron chi connectivity index (χ2n) is 7.81. The first-order valence-corrected chi connectivity index (χ1v) is 10.7. The number of hydrogen-bond donors (Lipinski definition) is 1. The van der Waals surface area contributed by atoms with Crippen LogP contribution in [-0.2, 0) is 4.74 Å². The van der Waals surface area contributed by atoms with E-state index in [1.807, 2.05) is 49.4 Å². The lowest BCUT2D eigenvalue weighted by Gasteiger charge is -2.15. The van der Waals surface area contributed by atoms with E-state index >= 15 is 0 Å². The lowest BCUT2D eigenvalue weighted by atomic mass is 9.94. The van der Waals surface area contributed by atoms with Gasteiger partial charge in [0.1, 0.15) is 0 Å². The number of nitrogens with one attached hydrogen (secondary N) is 1. The average molecular weight is 456 g/mol. The van der Waals surface area contributed by atoms with E-state index in [1.165, 1.54) is 7.11 Å². The molecule has 0 heterocycles. The van der Waals surface area contributed by atoms with Gasteiger partial charge in [-0.15, -0.1) is 0 Å². The highest BCUT2D eigenvalue weighted by Crippen LogP contribution is 2.38. The number of aryl methyl sites for hydroxylation is 1. The van der Waals surface area contributed by atoms with Gasteiger partial charge >= 0.3 is 5.97 Å². The predicted molar refractivity (Wildman–Crippen MR) is 133 cm³/mol. The van der Waals surface area contributed by atoms with Gasteiger partial charge in [0.25, 0.3) is 5.91 Å². The number of amides is 1. The Bertz CT molecular complexity index is 1380. The van der Waals surface area contributed by atoms with Gasteiger partial charge in [-0.25, -0.2) is 4.79 Å². The number of ether oxygens (including phenoxy) is 3. The molecule has 4 rings (SSSR count). The van der Waals surface area contributed by atoms with E-state index < -0.39 is 5.97 Å². The summed E-state index contributed by atoms with van der Waals surface area (Å²) in [6.45, 7) is 2.03. The molecule has 1 N–H and O–H groups in total. The first-order valence-electron chi connectivity index (χ1n) is 10.7. The summed E-state index contributed by atoms with van der Waals surface area (Å²) in [6.07, 6.45) is 0. The molecule has 0 aliphatic heterocycles. The van der Waals surface area contributed by atoms with E-state index in [4.69, 9.17) is 14.2 Å². The zero-order chi connectivity index (χ0) is 24.2. The molecule has 1 amide bonds. The number of esters is 1. The quantitative estimate of drug-likeness (QED) is 0.368. The van der Waals surface area contributed by atoms with Crippen molar-refractivity contribution >= 4 is 28.3 Å². The SMILES string of the molecule is COC(=O)c1ccccc1NC(=O)c1cc(-c2ccc(C)cc2)c2cc(OC)c(OC)cc2c1. The number of hydrogen-bond acceptors (Lipinski definition) is 5. The molecule has 4 aromatic rings. The minimum Gasteiger partial charge on any atom is -0.493 e. The number of methoxy groups -OCH3 is 3. The zero-order valence-corrected chi connectivity index (χ0v) is 19.5. The molecule has 0 spiro atoms. The lowest BCUT2D eigenvalue weighted by molar-refractivity contribution is 0.0602. The summed E-state index contributed by atoms with van der Waals surface area (Å²) in [6, 6.07) is 22.2. The fraction of sp³-hybridized carbons (Fsp3) is 0.143. The van der Waals surface area contributed by atoms with Gasteiger partial charge in [0.05, 0.1) is 32.6 Å². The highest BCUT2D eigenvalue weighted by molar-refractivity contribution is 6.12. The molecule has 0 fully saturated rings. The third kappa shape index (κ3) is 4.43. The van der Waals surface area contributed by atoms with Crippen molar-refractivity contribution in [1.82, 2.24) is 0 Å². The van der Waals surface area contributed by atoms with Crippen LogP contribution < -0.4 is 14.8 Å². The van der Waals surface area contributed by atoms with E-state index in [0.717, 1.165) is 27.5 Å². The first-order chi connectivity index (χ1) is 16.4. The molecule has 6 heteroatoms. The van der Waals surface area contributed by atoms with Crippen molar-refractivity contribution in [2.24, 2.45) is 0 Å². The summed E-state index contributed by atoms with van der Waals surface area (Å²) in [4.78, 5) is 25.4. The maximum Gasteiger partial charge on any atom is 0.339 e. The molecule has 0 bridgehead atoms. The van der Waals surface area contributed by atoms with Gasteiger partial charge in [-0.05, 0) is 65.2 Å². The molecule has 6 nitrogen and oxygen atoms in total. The summed E-state index contributed by atoms with van der Waals surface area (Å²) < 4.78 is 15.8. The van der Waals surface area contributed by atoms with Crippen LogP contribution in [0.1, 0.15) is 26.3 Å². The highest BCUT2D eigenvalue weighted by atomic mass is 16.5. The van der Waals surface area contributed by atoms with Gasteiger partial charge in [0, 0.05) is 5.56 Å². The Balaban J connectivity index is 1.86. The largest absolute Gasteiger partial charge is 0.493 e. The molecular weight excluding hydrogens is 430 g/mol. The summed E-state index contributed by atoms with van der Waals surface area (Å²) in [5, 5.41) is 4.60. The van der Waals surface area contributed by atoms with Crippen LogP contribution in [0.15, 0.2) is 72.8 Å². The second-order valence-corrected chi connectivity index (χ2v) is 7.81. The number of carbonyl (C=O) groups excluding carboxylic acids is 2. The number of rotatable bonds is 6. The Labute approximate surface area is 198 Å². The summed E-state index contributed by atoms with van der Waals surface area (Å²) in [5.74, 6) is 0.305. The molecule has 0 aromatic heterocycles. The molecule has 0 unspecified atom stereocenters. The van der Waals surface area contributed by atoms with Crippen LogP contribution in [0.5, 0.6) is 11.5 Å². The minimum absolute atomic E-state index is 0.282. The molecule has 0 atom stereocenters. The standard InChI is InChI=1S/C28H25NO5/c1-17-9-11-18(12-10-17)22-14-20(13-19-15-25(32-2)26(33-3)16-23(19)22)27(30)29-24-8-6-5-7-21(24)28(31)34-4/h5-16H,1-4H3,(H,29,30). The third-order valence-electron chi connectivity index (χ3n) is 5.66. The maximum absolute atomic E-state index is 13.3. The number of fused-ring (bicyclic) bond motifs is 1. The number of anilines is 1. The van der Waals surface area contributed by atoms with Gasteiger partial charge in [-0.2, -0.15) is 0 Å². The Morgan fingerprint density at radius 2 is 1.47 bits per heavy atom. The molecule has 0 aliphatic rings. The highest BCUT2D eigenvalue weighted by Gasteiger charge is 2.18. The normalized spacial score (nSPS) is 10.6. The minimum atomic E-state index is -0.522. The molecule has 34 heavy (non-hydrogen) atoms. The van der Waals surface area contributed by atoms with Crippen LogP contribution in [0, 0.1) is 6.92 Å². The number of benzene rings is 4. The fourth-order valence-electron chi connectivity index (χ4n) is 3.87. The zero-order valence-electron chi connectivity index (χ0n) is 19.5. The van der Waals surface area contributed by atoms with E-state index in [1.54, 1.807) is 44.6 Å². The average Bonchev–Trinajstić information content (AvgIpc) is 2.87. The third-order valence-corrected chi connectivity index (χ3v) is 5.66. The van der Waals surface area contributed by atoms with Crippen LogP contribution in [0.2, 0.25) is 0 Å². The molecule has 172 valence electrons. The Kier molecular flexibility index (Phi) is 6.50. The topological polar surface area (TPSA) is 73.9 Å². The summed E-state index contributed by atoms with van der Waals surface area (Å²) in [7, 11) is 4.47. The molecule has 4 aromatic carbocycles. The van der Waals surface area contributed by atoms with Crippen molar-refractivity contribution in [3.8, 4) is 22.6 Å². The van der Waals surface area contributed by atoms with Crippen molar-refractivity contribution in [2.75, 3.05) is 26.6 Å². The van der Waals surface area contributed by atoms with Gasteiger partial charge in [0.15, 0.2) is 11.5 Å². The van der Waals surface area contributed by atoms with E-state index in [2.05, 4.69) is 5.32 Å². The number of para-hydroxylation sites is 1. The lowest BCUT2D eigenvalue weighted by Crippen LogP contribution is -2.15. The first kappa shape index (κ1) is 22.9. The summed E-state index contributed by atoms with van der Waals surface area (Å²) in [5.41, 5.74) is 4.08. The molecule has 0 radical (unpaired) electrons. The maximum atomic E-state index is 13.3. The Hall–Kier alpha value is -4.32. The van der Waals surface area contributed by atoms with Crippen molar-refractivity contribution in [1.29, 1.82) is 0 Å². The molecule has 0 saturated heterocycles. The molecule has 0 aliphatic carbocycles. The fourth-order valence-corrected chi connectivity index (χ4v) is 3.87. The number of carbonyl (C=O) groups is 2. The van der Waals surface area contributed by atoms with Crippen molar-refractivity contribution in [2.45, 2.75) is 6.92 Å². The van der Waals surface area contributed by atoms with Crippen LogP contribution in [0.3, 0.4) is 0 Å². The molecule has 0 saturated carbocycles. The van der Waals surface area contributed by atoms with E-state index in [-0.39, 0.29) is 11.5 Å². The monoisotopic (exact) mass is 455 g/mol. The van der Waals surface area contributed by atoms with Crippen LogP contribution in [0.25, 0.3) is 21.9 Å². The van der Waals surface area contributed by atoms with Crippen molar-refractivity contribution < 1.29 is 23.8 Å². The molecular formula is C28H25NO5. The Morgan fingerprint density at radius 3 is 2.15 bits per heavy atom. The summed E-state index contributed by atoms with van der Waals surface area (Å²) >= 11 is 0. The van der Waals surface area contributed by atoms with E-state index in [9.17, 15) is 9.59 Å². The van der Waals surface area contributed by atoms with Gasteiger partial charge in [-0.3, -0.25) is 4.79 Å². The smallest absolute Gasteiger partial charge is 0.339 e. The predicted octanol–water partition coefficient (Wildman–Crippen LogP) is 5.87. The van der Waals surface area contributed by atoms with Gasteiger partial charge < -0.3 is 19.5 Å². The van der Waals surface area contributed by atoms with Crippen LogP contribution in [-0.4, -0.2) is 33.2 Å². The van der Waals surface area contributed by atoms with Gasteiger partial charge in [-0.1, -0.05) is 42.0 Å². The van der Waals surface area contributed by atoms with Crippen LogP contribution in [0.4, 0.5) is 5.69 Å². The van der Waals surface area contributed by atoms with Gasteiger partial charge in [0.2, 0.25) is 0 Å². The van der Waals surface area contributed by atoms with E-state index in [0.29, 0.717) is 22.7 Å². The Morgan fingerprint density at radius 1 is 0.794 bits per heavy atom. The van der Waals surface area contributed by atoms with Crippen molar-refractivity contribution in [3.05, 3.63) is 89.5 Å². The van der Waals surface area contributed by atoms with Crippen LogP contribution >= 0.6 is 0 Å². The second kappa shape index (κ2) is 9.67.